The van der Waals surface area contributed by atoms with Crippen LogP contribution in [0.5, 0.6) is 0 Å². The number of nitrogens with one attached hydrogen (secondary N) is 1. The molecule has 0 fully saturated rings. The number of aryl methyl sites for hydroxylation is 1. The number of benzene rings is 3. The Morgan fingerprint density at radius 1 is 1.06 bits per heavy atom. The van der Waals surface area contributed by atoms with Crippen LogP contribution >= 0.6 is 0 Å². The molecular formula is C27H30F2N2O3. The molecule has 0 unspecified atom stereocenters. The van der Waals surface area contributed by atoms with Crippen molar-refractivity contribution < 1.29 is 23.5 Å². The zero-order valence-electron chi connectivity index (χ0n) is 19.6. The maximum atomic E-state index is 13.7. The van der Waals surface area contributed by atoms with Gasteiger partial charge in [-0.1, -0.05) is 30.3 Å². The number of rotatable bonds is 10. The van der Waals surface area contributed by atoms with Gasteiger partial charge in [-0.05, 0) is 78.4 Å². The number of halogens is 2. The first kappa shape index (κ1) is 25.3. The summed E-state index contributed by atoms with van der Waals surface area (Å²) in [7, 11) is 3.47. The molecule has 7 heteroatoms. The summed E-state index contributed by atoms with van der Waals surface area (Å²) in [5, 5.41) is 9.25. The molecule has 0 aromatic heterocycles. The van der Waals surface area contributed by atoms with Crippen molar-refractivity contribution in [3.05, 3.63) is 89.5 Å². The van der Waals surface area contributed by atoms with Crippen molar-refractivity contribution in [1.29, 1.82) is 0 Å². The minimum Gasteiger partial charge on any atom is -0.377 e. The molecule has 3 aromatic carbocycles. The second kappa shape index (κ2) is 11.7. The van der Waals surface area contributed by atoms with Crippen LogP contribution in [0, 0.1) is 24.5 Å². The summed E-state index contributed by atoms with van der Waals surface area (Å²) < 4.78 is 32.5. The molecule has 0 saturated heterocycles. The Labute approximate surface area is 198 Å². The van der Waals surface area contributed by atoms with E-state index in [1.54, 1.807) is 30.6 Å². The molecule has 1 amide bonds. The van der Waals surface area contributed by atoms with Crippen molar-refractivity contribution in [3.63, 3.8) is 0 Å². The minimum absolute atomic E-state index is 0.236. The number of carbonyl (C=O) groups excluding carboxylic acids is 1. The summed E-state index contributed by atoms with van der Waals surface area (Å²) >= 11 is 0. The highest BCUT2D eigenvalue weighted by Gasteiger charge is 2.24. The first-order valence-corrected chi connectivity index (χ1v) is 11.1. The van der Waals surface area contributed by atoms with Gasteiger partial charge in [0.2, 0.25) is 5.91 Å². The van der Waals surface area contributed by atoms with Crippen LogP contribution in [0.1, 0.15) is 30.1 Å². The molecule has 0 radical (unpaired) electrons. The van der Waals surface area contributed by atoms with E-state index in [1.807, 2.05) is 42.3 Å². The van der Waals surface area contributed by atoms with Crippen LogP contribution in [0.4, 0.5) is 14.5 Å². The zero-order chi connectivity index (χ0) is 24.7. The highest BCUT2D eigenvalue weighted by molar-refractivity contribution is 5.77. The molecule has 2 atom stereocenters. The van der Waals surface area contributed by atoms with E-state index in [4.69, 9.17) is 4.74 Å². The molecule has 0 spiro atoms. The Balaban J connectivity index is 1.71. The van der Waals surface area contributed by atoms with Gasteiger partial charge in [-0.3, -0.25) is 10.0 Å². The third-order valence-electron chi connectivity index (χ3n) is 6.10. The van der Waals surface area contributed by atoms with Crippen LogP contribution in [0.3, 0.4) is 0 Å². The van der Waals surface area contributed by atoms with Crippen molar-refractivity contribution in [2.24, 2.45) is 5.92 Å². The topological polar surface area (TPSA) is 61.8 Å². The summed E-state index contributed by atoms with van der Waals surface area (Å²) in [6, 6.07) is 18.9. The molecule has 0 bridgehead atoms. The number of ether oxygens (including phenoxy) is 1. The predicted molar refractivity (Wildman–Crippen MR) is 129 cm³/mol. The van der Waals surface area contributed by atoms with E-state index in [2.05, 4.69) is 0 Å². The van der Waals surface area contributed by atoms with E-state index in [0.717, 1.165) is 22.4 Å². The first-order valence-electron chi connectivity index (χ1n) is 11.1. The Morgan fingerprint density at radius 2 is 1.76 bits per heavy atom. The number of hydroxylamine groups is 1. The average molecular weight is 469 g/mol. The van der Waals surface area contributed by atoms with Gasteiger partial charge in [0.1, 0.15) is 11.6 Å². The smallest absolute Gasteiger partial charge is 0.246 e. The van der Waals surface area contributed by atoms with Gasteiger partial charge < -0.3 is 9.64 Å². The molecule has 3 rings (SSSR count). The Morgan fingerprint density at radius 3 is 2.41 bits per heavy atom. The van der Waals surface area contributed by atoms with Gasteiger partial charge in [0, 0.05) is 32.3 Å². The summed E-state index contributed by atoms with van der Waals surface area (Å²) in [5.41, 5.74) is 5.94. The number of carbonyl (C=O) groups is 1. The third kappa shape index (κ3) is 6.40. The first-order chi connectivity index (χ1) is 16.3. The molecule has 2 N–H and O–H groups in total. The van der Waals surface area contributed by atoms with Gasteiger partial charge in [-0.15, -0.1) is 0 Å². The summed E-state index contributed by atoms with van der Waals surface area (Å²) in [6.07, 6.45) is 0.374. The van der Waals surface area contributed by atoms with Crippen LogP contribution in [0.15, 0.2) is 66.7 Å². The van der Waals surface area contributed by atoms with E-state index in [0.29, 0.717) is 24.9 Å². The van der Waals surface area contributed by atoms with Crippen molar-refractivity contribution in [2.75, 3.05) is 25.6 Å². The van der Waals surface area contributed by atoms with E-state index < -0.39 is 17.9 Å². The maximum Gasteiger partial charge on any atom is 0.246 e. The number of amides is 1. The molecule has 3 aromatic rings. The zero-order valence-corrected chi connectivity index (χ0v) is 19.6. The monoisotopic (exact) mass is 468 g/mol. The second-order valence-electron chi connectivity index (χ2n) is 8.41. The normalized spacial score (nSPS) is 12.8. The fraction of sp³-hybridized carbons (Fsp3) is 0.296. The lowest BCUT2D eigenvalue weighted by atomic mass is 9.93. The summed E-state index contributed by atoms with van der Waals surface area (Å²) in [5.74, 6) is -1.60. The second-order valence-corrected chi connectivity index (χ2v) is 8.41. The lowest BCUT2D eigenvalue weighted by Gasteiger charge is -2.25. The number of nitrogens with zero attached hydrogens (tertiary/aromatic N) is 1. The summed E-state index contributed by atoms with van der Waals surface area (Å²) in [6.45, 7) is 2.28. The Bertz CT molecular complexity index is 1110. The number of hydrogen-bond donors (Lipinski definition) is 2. The molecule has 5 nitrogen and oxygen atoms in total. The molecule has 0 saturated carbocycles. The molecule has 0 heterocycles. The maximum absolute atomic E-state index is 13.7. The van der Waals surface area contributed by atoms with Crippen molar-refractivity contribution in [2.45, 2.75) is 25.9 Å². The third-order valence-corrected chi connectivity index (χ3v) is 6.10. The highest BCUT2D eigenvalue weighted by atomic mass is 19.1. The van der Waals surface area contributed by atoms with Crippen LogP contribution in [-0.4, -0.2) is 31.8 Å². The Kier molecular flexibility index (Phi) is 8.73. The van der Waals surface area contributed by atoms with Gasteiger partial charge in [0.05, 0.1) is 6.10 Å². The van der Waals surface area contributed by atoms with E-state index in [-0.39, 0.29) is 11.6 Å². The van der Waals surface area contributed by atoms with Crippen LogP contribution in [0.2, 0.25) is 0 Å². The fourth-order valence-electron chi connectivity index (χ4n) is 3.98. The predicted octanol–water partition coefficient (Wildman–Crippen LogP) is 5.67. The van der Waals surface area contributed by atoms with Gasteiger partial charge in [-0.25, -0.2) is 14.3 Å². The largest absolute Gasteiger partial charge is 0.377 e. The van der Waals surface area contributed by atoms with E-state index in [1.165, 1.54) is 25.3 Å². The SMILES string of the molecule is CO[C@H](C[C@H](CCN(C)c1cccc(-c2ccc(F)c(C)c2)c1)C(=O)NO)c1ccc(F)cc1. The Hall–Kier alpha value is -3.29. The molecule has 0 aliphatic heterocycles. The lowest BCUT2D eigenvalue weighted by molar-refractivity contribution is -0.134. The number of methoxy groups -OCH3 is 1. The quantitative estimate of drug-likeness (QED) is 0.298. The molecule has 34 heavy (non-hydrogen) atoms. The van der Waals surface area contributed by atoms with Gasteiger partial charge >= 0.3 is 0 Å². The molecule has 0 aliphatic rings. The molecular weight excluding hydrogens is 438 g/mol. The molecule has 180 valence electrons. The average Bonchev–Trinajstić information content (AvgIpc) is 2.86. The van der Waals surface area contributed by atoms with Crippen molar-refractivity contribution in [3.8, 4) is 11.1 Å². The highest BCUT2D eigenvalue weighted by Crippen LogP contribution is 2.29. The van der Waals surface area contributed by atoms with Crippen LogP contribution < -0.4 is 10.4 Å². The van der Waals surface area contributed by atoms with Crippen molar-refractivity contribution in [1.82, 2.24) is 5.48 Å². The molecule has 0 aliphatic carbocycles. The van der Waals surface area contributed by atoms with E-state index in [9.17, 15) is 18.8 Å². The van der Waals surface area contributed by atoms with E-state index >= 15 is 0 Å². The van der Waals surface area contributed by atoms with Crippen LogP contribution in [-0.2, 0) is 9.53 Å². The van der Waals surface area contributed by atoms with Gasteiger partial charge in [0.15, 0.2) is 0 Å². The number of anilines is 1. The van der Waals surface area contributed by atoms with Gasteiger partial charge in [-0.2, -0.15) is 0 Å². The lowest BCUT2D eigenvalue weighted by Crippen LogP contribution is -2.32. The van der Waals surface area contributed by atoms with Crippen LogP contribution in [0.25, 0.3) is 11.1 Å². The fourth-order valence-corrected chi connectivity index (χ4v) is 3.98. The van der Waals surface area contributed by atoms with Crippen molar-refractivity contribution >= 4 is 11.6 Å². The van der Waals surface area contributed by atoms with Gasteiger partial charge in [0.25, 0.3) is 0 Å². The number of hydrogen-bond acceptors (Lipinski definition) is 4. The summed E-state index contributed by atoms with van der Waals surface area (Å²) in [4.78, 5) is 14.4. The minimum atomic E-state index is -0.523. The standard InChI is InChI=1S/C27H30F2N2O3/c1-18-15-21(9-12-25(18)29)20-5-4-6-24(16-20)31(2)14-13-22(27(32)30-33)17-26(34-3)19-7-10-23(28)11-8-19/h4-12,15-16,22,26,33H,13-14,17H2,1-3H3,(H,30,32)/t22-,26+/m0/s1.